The molecule has 0 saturated heterocycles. The molecule has 0 atom stereocenters. The largest absolute Gasteiger partial charge is 0.494 e. The quantitative estimate of drug-likeness (QED) is 0.432. The van der Waals surface area contributed by atoms with E-state index in [-0.39, 0.29) is 13.0 Å². The summed E-state index contributed by atoms with van der Waals surface area (Å²) in [5.41, 5.74) is 3.29. The van der Waals surface area contributed by atoms with Gasteiger partial charge in [0.1, 0.15) is 5.75 Å². The van der Waals surface area contributed by atoms with Crippen LogP contribution in [-0.4, -0.2) is 24.3 Å². The molecule has 3 aromatic rings. The molecule has 0 aliphatic carbocycles. The van der Waals surface area contributed by atoms with Crippen LogP contribution in [0, 0.1) is 0 Å². The summed E-state index contributed by atoms with van der Waals surface area (Å²) in [6.45, 7) is 1.50. The Balaban J connectivity index is 1.44. The van der Waals surface area contributed by atoms with Crippen LogP contribution < -0.4 is 10.1 Å². The van der Waals surface area contributed by atoms with Gasteiger partial charge in [-0.15, -0.1) is 0 Å². The van der Waals surface area contributed by atoms with Crippen molar-refractivity contribution in [1.82, 2.24) is 10.3 Å². The molecule has 28 heavy (non-hydrogen) atoms. The molecule has 150 valence electrons. The molecule has 3 rings (SSSR count). The lowest BCUT2D eigenvalue weighted by atomic mass is 10.1. The van der Waals surface area contributed by atoms with Crippen molar-refractivity contribution in [2.24, 2.45) is 0 Å². The molecule has 1 heterocycles. The number of alkyl halides is 3. The first-order valence-electron chi connectivity index (χ1n) is 9.15. The van der Waals surface area contributed by atoms with Crippen molar-refractivity contribution in [3.05, 3.63) is 64.8 Å². The molecule has 0 aliphatic heterocycles. The monoisotopic (exact) mass is 410 g/mol. The number of halogens is 4. The van der Waals surface area contributed by atoms with Gasteiger partial charge in [-0.25, -0.2) is 0 Å². The number of hydrogen-bond acceptors (Lipinski definition) is 2. The van der Waals surface area contributed by atoms with E-state index in [1.54, 1.807) is 6.07 Å². The zero-order valence-electron chi connectivity index (χ0n) is 15.3. The van der Waals surface area contributed by atoms with Crippen LogP contribution in [0.15, 0.2) is 48.7 Å². The number of aromatic nitrogens is 1. The van der Waals surface area contributed by atoms with Crippen LogP contribution in [0.3, 0.4) is 0 Å². The van der Waals surface area contributed by atoms with E-state index in [0.29, 0.717) is 17.3 Å². The maximum Gasteiger partial charge on any atom is 0.389 e. The summed E-state index contributed by atoms with van der Waals surface area (Å²) >= 11 is 6.07. The average Bonchev–Trinajstić information content (AvgIpc) is 3.04. The Bertz CT molecular complexity index is 908. The lowest BCUT2D eigenvalue weighted by molar-refractivity contribution is -0.136. The first-order chi connectivity index (χ1) is 13.4. The van der Waals surface area contributed by atoms with Gasteiger partial charge in [0.15, 0.2) is 0 Å². The SMILES string of the molecule is FC(F)(F)CCCOc1cccc(CNCCc2c[nH]c3ccc(Cl)cc23)c1. The van der Waals surface area contributed by atoms with E-state index >= 15 is 0 Å². The molecular weight excluding hydrogens is 389 g/mol. The molecule has 1 aromatic heterocycles. The fraction of sp³-hybridized carbons (Fsp3) is 0.333. The highest BCUT2D eigenvalue weighted by Gasteiger charge is 2.26. The van der Waals surface area contributed by atoms with Gasteiger partial charge in [0.05, 0.1) is 6.61 Å². The molecule has 0 spiro atoms. The Morgan fingerprint density at radius 1 is 1.11 bits per heavy atom. The van der Waals surface area contributed by atoms with E-state index in [1.165, 1.54) is 5.56 Å². The second-order valence-electron chi connectivity index (χ2n) is 6.65. The number of rotatable bonds is 9. The van der Waals surface area contributed by atoms with Crippen molar-refractivity contribution >= 4 is 22.5 Å². The molecule has 2 aromatic carbocycles. The van der Waals surface area contributed by atoms with Crippen LogP contribution in [0.4, 0.5) is 13.2 Å². The molecule has 7 heteroatoms. The van der Waals surface area contributed by atoms with Crippen molar-refractivity contribution in [1.29, 1.82) is 0 Å². The van der Waals surface area contributed by atoms with E-state index in [9.17, 15) is 13.2 Å². The van der Waals surface area contributed by atoms with Gasteiger partial charge in [-0.05, 0) is 60.8 Å². The minimum Gasteiger partial charge on any atom is -0.494 e. The molecular formula is C21H22ClF3N2O. The molecule has 0 saturated carbocycles. The van der Waals surface area contributed by atoms with Crippen molar-refractivity contribution in [3.8, 4) is 5.75 Å². The van der Waals surface area contributed by atoms with Gasteiger partial charge in [-0.1, -0.05) is 23.7 Å². The summed E-state index contributed by atoms with van der Waals surface area (Å²) in [6.07, 6.45) is -2.15. The van der Waals surface area contributed by atoms with E-state index in [0.717, 1.165) is 29.4 Å². The van der Waals surface area contributed by atoms with Crippen LogP contribution in [0.1, 0.15) is 24.0 Å². The first-order valence-corrected chi connectivity index (χ1v) is 9.53. The third-order valence-corrected chi connectivity index (χ3v) is 4.64. The molecule has 0 unspecified atom stereocenters. The molecule has 0 aliphatic rings. The van der Waals surface area contributed by atoms with E-state index in [1.807, 2.05) is 42.6 Å². The molecule has 0 amide bonds. The Morgan fingerprint density at radius 3 is 2.79 bits per heavy atom. The topological polar surface area (TPSA) is 37.0 Å². The highest BCUT2D eigenvalue weighted by atomic mass is 35.5. The van der Waals surface area contributed by atoms with E-state index in [2.05, 4.69) is 10.3 Å². The first kappa shape index (κ1) is 20.6. The molecule has 3 nitrogen and oxygen atoms in total. The highest BCUT2D eigenvalue weighted by Crippen LogP contribution is 2.23. The third kappa shape index (κ3) is 6.17. The van der Waals surface area contributed by atoms with Gasteiger partial charge < -0.3 is 15.0 Å². The smallest absolute Gasteiger partial charge is 0.389 e. The van der Waals surface area contributed by atoms with Gasteiger partial charge in [0.2, 0.25) is 0 Å². The summed E-state index contributed by atoms with van der Waals surface area (Å²) < 4.78 is 41.9. The number of H-pyrrole nitrogens is 1. The number of fused-ring (bicyclic) bond motifs is 1. The standard InChI is InChI=1S/C21H22ClF3N2O/c22-17-5-6-20-19(12-17)16(14-27-20)7-9-26-13-15-3-1-4-18(11-15)28-10-2-8-21(23,24)25/h1,3-6,11-12,14,26-27H,2,7-10,13H2. The second-order valence-corrected chi connectivity index (χ2v) is 7.08. The minimum atomic E-state index is -4.13. The Morgan fingerprint density at radius 2 is 1.96 bits per heavy atom. The van der Waals surface area contributed by atoms with Crippen molar-refractivity contribution in [2.75, 3.05) is 13.2 Å². The summed E-state index contributed by atoms with van der Waals surface area (Å²) in [5.74, 6) is 0.591. The van der Waals surface area contributed by atoms with Crippen LogP contribution in [0.25, 0.3) is 10.9 Å². The summed E-state index contributed by atoms with van der Waals surface area (Å²) in [7, 11) is 0. The Labute approximate surface area is 166 Å². The number of aromatic amines is 1. The molecule has 0 fully saturated rings. The zero-order chi connectivity index (χ0) is 20.0. The number of ether oxygens (including phenoxy) is 1. The van der Waals surface area contributed by atoms with Crippen molar-refractivity contribution < 1.29 is 17.9 Å². The van der Waals surface area contributed by atoms with Gasteiger partial charge in [0.25, 0.3) is 0 Å². The average molecular weight is 411 g/mol. The fourth-order valence-corrected chi connectivity index (χ4v) is 3.19. The fourth-order valence-electron chi connectivity index (χ4n) is 3.02. The predicted molar refractivity (Wildman–Crippen MR) is 106 cm³/mol. The normalized spacial score (nSPS) is 11.9. The van der Waals surface area contributed by atoms with Gasteiger partial charge >= 0.3 is 6.18 Å². The van der Waals surface area contributed by atoms with Gasteiger partial charge in [-0.3, -0.25) is 0 Å². The predicted octanol–water partition coefficient (Wildman–Crippen LogP) is 5.87. The van der Waals surface area contributed by atoms with E-state index in [4.69, 9.17) is 16.3 Å². The maximum atomic E-state index is 12.2. The Kier molecular flexibility index (Phi) is 6.86. The van der Waals surface area contributed by atoms with Crippen molar-refractivity contribution in [3.63, 3.8) is 0 Å². The van der Waals surface area contributed by atoms with Crippen LogP contribution in [0.2, 0.25) is 5.02 Å². The highest BCUT2D eigenvalue weighted by molar-refractivity contribution is 6.31. The maximum absolute atomic E-state index is 12.2. The lowest BCUT2D eigenvalue weighted by Gasteiger charge is -2.10. The molecule has 0 radical (unpaired) electrons. The molecule has 0 bridgehead atoms. The Hall–Kier alpha value is -2.18. The lowest BCUT2D eigenvalue weighted by Crippen LogP contribution is -2.16. The van der Waals surface area contributed by atoms with E-state index < -0.39 is 12.6 Å². The second kappa shape index (κ2) is 9.34. The summed E-state index contributed by atoms with van der Waals surface area (Å²) in [5, 5.41) is 5.23. The van der Waals surface area contributed by atoms with Crippen molar-refractivity contribution in [2.45, 2.75) is 32.0 Å². The van der Waals surface area contributed by atoms with Crippen LogP contribution >= 0.6 is 11.6 Å². The molecule has 2 N–H and O–H groups in total. The number of nitrogens with one attached hydrogen (secondary N) is 2. The minimum absolute atomic E-state index is 0.0411. The van der Waals surface area contributed by atoms with Gasteiger partial charge in [0, 0.05) is 35.1 Å². The van der Waals surface area contributed by atoms with Gasteiger partial charge in [-0.2, -0.15) is 13.2 Å². The summed E-state index contributed by atoms with van der Waals surface area (Å²) in [6, 6.07) is 13.2. The number of hydrogen-bond donors (Lipinski definition) is 2. The zero-order valence-corrected chi connectivity index (χ0v) is 16.0. The van der Waals surface area contributed by atoms with Crippen LogP contribution in [-0.2, 0) is 13.0 Å². The van der Waals surface area contributed by atoms with Crippen LogP contribution in [0.5, 0.6) is 5.75 Å². The summed E-state index contributed by atoms with van der Waals surface area (Å²) in [4.78, 5) is 3.24. The number of benzene rings is 2. The third-order valence-electron chi connectivity index (χ3n) is 4.40.